The molecule has 7 heteroatoms. The molecule has 184 valence electrons. The standard InChI is InChI=1S/C27H22N2O5.C2H6/c1-15(31)18-10-22-26-20(13-29(22)27(32)17(18)8-5-9-30)25(16-6-3-2-4-7-16)19-11-23-24(34-14-33-23)12-21(19)28-26;1-2/h2-4,6-7,9-12,15,31H,5,8,13-14H2,1H3;1-2H3. The van der Waals surface area contributed by atoms with E-state index in [0.717, 1.165) is 33.9 Å². The predicted molar refractivity (Wildman–Crippen MR) is 138 cm³/mol. The molecule has 0 fully saturated rings. The summed E-state index contributed by atoms with van der Waals surface area (Å²) in [6, 6.07) is 15.7. The molecular weight excluding hydrogens is 456 g/mol. The van der Waals surface area contributed by atoms with Crippen molar-refractivity contribution < 1.29 is 19.4 Å². The molecule has 0 saturated heterocycles. The molecule has 0 amide bonds. The fourth-order valence-electron chi connectivity index (χ4n) is 5.04. The summed E-state index contributed by atoms with van der Waals surface area (Å²) in [4.78, 5) is 29.5. The molecule has 36 heavy (non-hydrogen) atoms. The fraction of sp³-hybridized carbons (Fsp3) is 0.276. The van der Waals surface area contributed by atoms with Crippen LogP contribution in [0.4, 0.5) is 0 Å². The zero-order valence-electron chi connectivity index (χ0n) is 20.6. The van der Waals surface area contributed by atoms with Crippen molar-refractivity contribution >= 4 is 17.2 Å². The molecule has 0 aliphatic carbocycles. The molecule has 4 aromatic rings. The van der Waals surface area contributed by atoms with Crippen LogP contribution in [0.3, 0.4) is 0 Å². The van der Waals surface area contributed by atoms with Gasteiger partial charge in [0.2, 0.25) is 6.79 Å². The van der Waals surface area contributed by atoms with Gasteiger partial charge in [0, 0.05) is 29.0 Å². The molecule has 2 aromatic heterocycles. The number of carbonyl (C=O) groups excluding carboxylic acids is 1. The zero-order valence-corrected chi connectivity index (χ0v) is 20.6. The van der Waals surface area contributed by atoms with Crippen molar-refractivity contribution in [3.63, 3.8) is 0 Å². The Morgan fingerprint density at radius 2 is 1.83 bits per heavy atom. The second kappa shape index (κ2) is 9.59. The van der Waals surface area contributed by atoms with E-state index in [2.05, 4.69) is 0 Å². The van der Waals surface area contributed by atoms with Gasteiger partial charge in [0.1, 0.15) is 6.29 Å². The maximum Gasteiger partial charge on any atom is 0.254 e. The van der Waals surface area contributed by atoms with E-state index in [4.69, 9.17) is 14.5 Å². The first kappa shape index (κ1) is 23.8. The van der Waals surface area contributed by atoms with Crippen LogP contribution < -0.4 is 15.0 Å². The molecule has 0 spiro atoms. The Morgan fingerprint density at radius 3 is 2.53 bits per heavy atom. The average Bonchev–Trinajstić information content (AvgIpc) is 3.51. The Bertz CT molecular complexity index is 1520. The first-order chi connectivity index (χ1) is 17.6. The molecule has 1 atom stereocenters. The highest BCUT2D eigenvalue weighted by Gasteiger charge is 2.30. The van der Waals surface area contributed by atoms with Crippen molar-refractivity contribution in [2.75, 3.05) is 6.79 Å². The lowest BCUT2D eigenvalue weighted by Gasteiger charge is -2.14. The minimum absolute atomic E-state index is 0.172. The van der Waals surface area contributed by atoms with Gasteiger partial charge in [0.15, 0.2) is 11.5 Å². The van der Waals surface area contributed by atoms with Crippen LogP contribution in [0.15, 0.2) is 53.3 Å². The molecule has 0 radical (unpaired) electrons. The van der Waals surface area contributed by atoms with Crippen LogP contribution in [0.5, 0.6) is 11.5 Å². The van der Waals surface area contributed by atoms with E-state index in [0.29, 0.717) is 47.0 Å². The molecule has 1 N–H and O–H groups in total. The van der Waals surface area contributed by atoms with Crippen LogP contribution in [0.1, 0.15) is 50.0 Å². The monoisotopic (exact) mass is 484 g/mol. The number of hydrogen-bond acceptors (Lipinski definition) is 6. The van der Waals surface area contributed by atoms with E-state index in [1.54, 1.807) is 11.5 Å². The van der Waals surface area contributed by atoms with Crippen LogP contribution in [0.2, 0.25) is 0 Å². The highest BCUT2D eigenvalue weighted by molar-refractivity contribution is 6.01. The molecular formula is C29H28N2O5. The third-order valence-corrected chi connectivity index (χ3v) is 6.60. The number of fused-ring (bicyclic) bond motifs is 5. The van der Waals surface area contributed by atoms with E-state index in [1.165, 1.54) is 0 Å². The topological polar surface area (TPSA) is 90.7 Å². The van der Waals surface area contributed by atoms with E-state index in [-0.39, 0.29) is 18.8 Å². The van der Waals surface area contributed by atoms with Crippen molar-refractivity contribution in [2.45, 2.75) is 46.3 Å². The number of aliphatic hydroxyl groups excluding tert-OH is 1. The number of aliphatic hydroxyl groups is 1. The van der Waals surface area contributed by atoms with Crippen molar-refractivity contribution in [3.05, 3.63) is 75.6 Å². The van der Waals surface area contributed by atoms with Crippen LogP contribution in [0, 0.1) is 0 Å². The number of benzene rings is 2. The summed E-state index contributed by atoms with van der Waals surface area (Å²) < 4.78 is 12.9. The van der Waals surface area contributed by atoms with Gasteiger partial charge in [0.05, 0.1) is 29.6 Å². The highest BCUT2D eigenvalue weighted by atomic mass is 16.7. The van der Waals surface area contributed by atoms with Crippen LogP contribution in [-0.4, -0.2) is 27.7 Å². The summed E-state index contributed by atoms with van der Waals surface area (Å²) >= 11 is 0. The molecule has 4 heterocycles. The number of ether oxygens (including phenoxy) is 2. The second-order valence-electron chi connectivity index (χ2n) is 8.64. The molecule has 2 aliphatic rings. The fourth-order valence-corrected chi connectivity index (χ4v) is 5.04. The number of aldehydes is 1. The molecule has 6 rings (SSSR count). The highest BCUT2D eigenvalue weighted by Crippen LogP contribution is 2.45. The lowest BCUT2D eigenvalue weighted by molar-refractivity contribution is -0.107. The maximum absolute atomic E-state index is 13.5. The van der Waals surface area contributed by atoms with E-state index >= 15 is 0 Å². The van der Waals surface area contributed by atoms with Gasteiger partial charge >= 0.3 is 0 Å². The van der Waals surface area contributed by atoms with Gasteiger partial charge in [0.25, 0.3) is 5.56 Å². The molecule has 1 unspecified atom stereocenters. The molecule has 2 aromatic carbocycles. The van der Waals surface area contributed by atoms with E-state index in [1.807, 2.05) is 62.4 Å². The summed E-state index contributed by atoms with van der Waals surface area (Å²) in [5.41, 5.74) is 5.91. The number of pyridine rings is 2. The Balaban J connectivity index is 0.00000130. The smallest absolute Gasteiger partial charge is 0.254 e. The largest absolute Gasteiger partial charge is 0.454 e. The summed E-state index contributed by atoms with van der Waals surface area (Å²) in [6.45, 7) is 6.17. The van der Waals surface area contributed by atoms with E-state index < -0.39 is 6.10 Å². The second-order valence-corrected chi connectivity index (χ2v) is 8.64. The zero-order chi connectivity index (χ0) is 25.4. The summed E-state index contributed by atoms with van der Waals surface area (Å²) in [7, 11) is 0. The molecule has 0 saturated carbocycles. The SMILES string of the molecule is CC.CC(O)c1cc2n(c(=O)c1CCC=O)Cc1c-2nc2cc3c(cc2c1-c1ccccc1)OCO3. The van der Waals surface area contributed by atoms with Crippen molar-refractivity contribution in [1.29, 1.82) is 0 Å². The number of hydrogen-bond donors (Lipinski definition) is 1. The Morgan fingerprint density at radius 1 is 1.11 bits per heavy atom. The molecule has 2 aliphatic heterocycles. The number of nitrogens with zero attached hydrogens (tertiary/aromatic N) is 2. The quantitative estimate of drug-likeness (QED) is 0.352. The Labute approximate surface area is 208 Å². The summed E-state index contributed by atoms with van der Waals surface area (Å²) in [6.07, 6.45) is 0.474. The van der Waals surface area contributed by atoms with Crippen LogP contribution >= 0.6 is 0 Å². The van der Waals surface area contributed by atoms with Gasteiger partial charge in [-0.1, -0.05) is 44.2 Å². The lowest BCUT2D eigenvalue weighted by Crippen LogP contribution is -2.25. The van der Waals surface area contributed by atoms with Crippen molar-refractivity contribution in [1.82, 2.24) is 9.55 Å². The summed E-state index contributed by atoms with van der Waals surface area (Å²) in [5, 5.41) is 11.4. The number of rotatable bonds is 5. The average molecular weight is 485 g/mol. The van der Waals surface area contributed by atoms with Gasteiger partial charge in [-0.15, -0.1) is 0 Å². The minimum Gasteiger partial charge on any atom is -0.454 e. The first-order valence-corrected chi connectivity index (χ1v) is 12.3. The lowest BCUT2D eigenvalue weighted by atomic mass is 9.94. The first-order valence-electron chi connectivity index (χ1n) is 12.3. The molecule has 0 bridgehead atoms. The van der Waals surface area contributed by atoms with Gasteiger partial charge in [-0.05, 0) is 42.2 Å². The third kappa shape index (κ3) is 3.76. The van der Waals surface area contributed by atoms with Crippen molar-refractivity contribution in [3.8, 4) is 34.0 Å². The number of carbonyl (C=O) groups is 1. The van der Waals surface area contributed by atoms with Crippen molar-refractivity contribution in [2.24, 2.45) is 0 Å². The predicted octanol–water partition coefficient (Wildman–Crippen LogP) is 5.03. The Hall–Kier alpha value is -3.97. The van der Waals surface area contributed by atoms with Crippen LogP contribution in [0.25, 0.3) is 33.4 Å². The summed E-state index contributed by atoms with van der Waals surface area (Å²) in [5.74, 6) is 1.31. The number of aromatic nitrogens is 2. The molecule has 7 nitrogen and oxygen atoms in total. The minimum atomic E-state index is -0.841. The van der Waals surface area contributed by atoms with Gasteiger partial charge in [-0.3, -0.25) is 4.79 Å². The van der Waals surface area contributed by atoms with Gasteiger partial charge in [-0.25, -0.2) is 4.98 Å². The van der Waals surface area contributed by atoms with E-state index in [9.17, 15) is 14.7 Å². The van der Waals surface area contributed by atoms with Gasteiger partial charge < -0.3 is 23.9 Å². The normalized spacial score (nSPS) is 13.6. The van der Waals surface area contributed by atoms with Gasteiger partial charge in [-0.2, -0.15) is 0 Å². The van der Waals surface area contributed by atoms with Crippen LogP contribution in [-0.2, 0) is 17.8 Å². The third-order valence-electron chi connectivity index (χ3n) is 6.60. The maximum atomic E-state index is 13.5. The Kier molecular flexibility index (Phi) is 6.33.